The van der Waals surface area contributed by atoms with Crippen molar-refractivity contribution in [3.05, 3.63) is 87.3 Å². The van der Waals surface area contributed by atoms with Gasteiger partial charge in [-0.1, -0.05) is 68.3 Å². The van der Waals surface area contributed by atoms with E-state index in [1.165, 1.54) is 11.1 Å². The first-order valence-electron chi connectivity index (χ1n) is 6.74. The number of rotatable bonds is 4. The molecule has 106 valence electrons. The first-order chi connectivity index (χ1) is 10.2. The largest absolute Gasteiger partial charge is 0.244 e. The lowest BCUT2D eigenvalue weighted by molar-refractivity contribution is -0.687. The summed E-state index contributed by atoms with van der Waals surface area (Å²) in [6.07, 6.45) is 6.35. The van der Waals surface area contributed by atoms with Crippen LogP contribution in [-0.2, 0) is 13.1 Å². The van der Waals surface area contributed by atoms with E-state index in [4.69, 9.17) is 0 Å². The van der Waals surface area contributed by atoms with Crippen LogP contribution in [0.3, 0.4) is 0 Å². The molecule has 0 aliphatic heterocycles. The fraction of sp³-hybridized carbons (Fsp3) is 0.118. The molecule has 4 heteroatoms. The quantitative estimate of drug-likeness (QED) is 0.568. The van der Waals surface area contributed by atoms with Crippen LogP contribution in [-0.4, -0.2) is 4.57 Å². The lowest BCUT2D eigenvalue weighted by atomic mass is 10.2. The summed E-state index contributed by atoms with van der Waals surface area (Å²) in [6.45, 7) is 1.73. The molecule has 3 rings (SSSR count). The summed E-state index contributed by atoms with van der Waals surface area (Å²) in [6, 6.07) is 16.6. The fourth-order valence-corrected chi connectivity index (χ4v) is 3.09. The van der Waals surface area contributed by atoms with Crippen molar-refractivity contribution in [1.29, 1.82) is 0 Å². The van der Waals surface area contributed by atoms with Gasteiger partial charge >= 0.3 is 0 Å². The molecule has 0 aliphatic rings. The number of aromatic nitrogens is 2. The van der Waals surface area contributed by atoms with E-state index in [2.05, 4.69) is 96.1 Å². The standard InChI is InChI=1S/C17H15Br2N2/c18-16-7-3-1-5-14(16)11-20-9-10-21(13-20)12-15-6-2-4-8-17(15)19/h1-10,13H,11-12H2/q+1. The van der Waals surface area contributed by atoms with E-state index in [-0.39, 0.29) is 0 Å². The molecule has 0 spiro atoms. The Kier molecular flexibility index (Phi) is 4.56. The highest BCUT2D eigenvalue weighted by Crippen LogP contribution is 2.17. The van der Waals surface area contributed by atoms with Crippen LogP contribution in [0.15, 0.2) is 76.2 Å². The average molecular weight is 407 g/mol. The molecule has 0 bridgehead atoms. The summed E-state index contributed by atoms with van der Waals surface area (Å²) in [5, 5.41) is 0. The maximum absolute atomic E-state index is 3.60. The van der Waals surface area contributed by atoms with Crippen molar-refractivity contribution >= 4 is 31.9 Å². The van der Waals surface area contributed by atoms with Crippen molar-refractivity contribution in [1.82, 2.24) is 4.57 Å². The molecule has 2 nitrogen and oxygen atoms in total. The second kappa shape index (κ2) is 6.58. The molecule has 0 N–H and O–H groups in total. The maximum atomic E-state index is 3.60. The highest BCUT2D eigenvalue weighted by Gasteiger charge is 2.08. The van der Waals surface area contributed by atoms with E-state index in [1.54, 1.807) is 0 Å². The van der Waals surface area contributed by atoms with Crippen LogP contribution in [0.5, 0.6) is 0 Å². The molecule has 1 aromatic heterocycles. The topological polar surface area (TPSA) is 8.81 Å². The Hall–Kier alpha value is -1.39. The predicted molar refractivity (Wildman–Crippen MR) is 91.1 cm³/mol. The molecule has 1 heterocycles. The van der Waals surface area contributed by atoms with Gasteiger partial charge < -0.3 is 0 Å². The van der Waals surface area contributed by atoms with Crippen LogP contribution in [0.4, 0.5) is 0 Å². The van der Waals surface area contributed by atoms with E-state index in [1.807, 2.05) is 12.1 Å². The Morgan fingerprint density at radius 2 is 1.48 bits per heavy atom. The van der Waals surface area contributed by atoms with Crippen molar-refractivity contribution < 1.29 is 4.57 Å². The summed E-state index contributed by atoms with van der Waals surface area (Å²) in [4.78, 5) is 0. The summed E-state index contributed by atoms with van der Waals surface area (Å²) in [7, 11) is 0. The number of nitrogens with zero attached hydrogens (tertiary/aromatic N) is 2. The van der Waals surface area contributed by atoms with Crippen molar-refractivity contribution in [2.75, 3.05) is 0 Å². The lowest BCUT2D eigenvalue weighted by Crippen LogP contribution is -2.31. The average Bonchev–Trinajstić information content (AvgIpc) is 2.91. The number of benzene rings is 2. The maximum Gasteiger partial charge on any atom is 0.244 e. The first kappa shape index (κ1) is 14.5. The van der Waals surface area contributed by atoms with Gasteiger partial charge in [-0.05, 0) is 12.1 Å². The first-order valence-corrected chi connectivity index (χ1v) is 8.32. The molecule has 0 aliphatic carbocycles. The van der Waals surface area contributed by atoms with Crippen LogP contribution < -0.4 is 4.57 Å². The lowest BCUT2D eigenvalue weighted by Gasteiger charge is -2.02. The number of imidazole rings is 1. The summed E-state index contributed by atoms with van der Waals surface area (Å²) < 4.78 is 6.68. The van der Waals surface area contributed by atoms with Gasteiger partial charge in [0.2, 0.25) is 6.33 Å². The van der Waals surface area contributed by atoms with Crippen LogP contribution in [0.1, 0.15) is 11.1 Å². The SMILES string of the molecule is Brc1ccccc1Cn1cc[n+](Cc2ccccc2Br)c1. The molecule has 0 fully saturated rings. The molecule has 0 atom stereocenters. The minimum absolute atomic E-state index is 0.865. The zero-order valence-corrected chi connectivity index (χ0v) is 14.6. The van der Waals surface area contributed by atoms with Gasteiger partial charge in [-0.3, -0.25) is 0 Å². The van der Waals surface area contributed by atoms with Gasteiger partial charge in [-0.25, -0.2) is 9.13 Å². The zero-order valence-electron chi connectivity index (χ0n) is 11.4. The Labute approximate surface area is 141 Å². The fourth-order valence-electron chi connectivity index (χ4n) is 2.27. The van der Waals surface area contributed by atoms with Gasteiger partial charge in [0.15, 0.2) is 0 Å². The molecule has 0 amide bonds. The van der Waals surface area contributed by atoms with Crippen molar-refractivity contribution in [2.45, 2.75) is 13.1 Å². The van der Waals surface area contributed by atoms with Crippen molar-refractivity contribution in [3.63, 3.8) is 0 Å². The van der Waals surface area contributed by atoms with Gasteiger partial charge in [-0.2, -0.15) is 0 Å². The molecule has 0 unspecified atom stereocenters. The van der Waals surface area contributed by atoms with Crippen LogP contribution >= 0.6 is 31.9 Å². The van der Waals surface area contributed by atoms with Gasteiger partial charge in [0.1, 0.15) is 25.5 Å². The Morgan fingerprint density at radius 1 is 0.857 bits per heavy atom. The molecule has 2 aromatic carbocycles. The Balaban J connectivity index is 1.75. The van der Waals surface area contributed by atoms with Crippen LogP contribution in [0.25, 0.3) is 0 Å². The number of hydrogen-bond donors (Lipinski definition) is 0. The van der Waals surface area contributed by atoms with E-state index in [9.17, 15) is 0 Å². The molecule has 3 aromatic rings. The molecular weight excluding hydrogens is 392 g/mol. The monoisotopic (exact) mass is 405 g/mol. The number of hydrogen-bond acceptors (Lipinski definition) is 0. The second-order valence-electron chi connectivity index (χ2n) is 4.94. The minimum Gasteiger partial charge on any atom is -0.233 e. The van der Waals surface area contributed by atoms with Gasteiger partial charge in [0.25, 0.3) is 0 Å². The Morgan fingerprint density at radius 3 is 2.14 bits per heavy atom. The third kappa shape index (κ3) is 3.63. The Bertz CT molecular complexity index is 688. The summed E-state index contributed by atoms with van der Waals surface area (Å²) in [5.41, 5.74) is 2.56. The van der Waals surface area contributed by atoms with E-state index >= 15 is 0 Å². The normalized spacial score (nSPS) is 10.8. The van der Waals surface area contributed by atoms with Crippen molar-refractivity contribution in [2.24, 2.45) is 0 Å². The third-order valence-corrected chi connectivity index (χ3v) is 4.92. The van der Waals surface area contributed by atoms with Gasteiger partial charge in [-0.15, -0.1) is 0 Å². The molecule has 0 radical (unpaired) electrons. The smallest absolute Gasteiger partial charge is 0.233 e. The predicted octanol–water partition coefficient (Wildman–Crippen LogP) is 4.40. The molecule has 0 saturated carbocycles. The molecule has 0 saturated heterocycles. The van der Waals surface area contributed by atoms with Gasteiger partial charge in [0.05, 0.1) is 0 Å². The van der Waals surface area contributed by atoms with Crippen LogP contribution in [0.2, 0.25) is 0 Å². The highest BCUT2D eigenvalue weighted by atomic mass is 79.9. The van der Waals surface area contributed by atoms with Crippen LogP contribution in [0, 0.1) is 0 Å². The minimum atomic E-state index is 0.865. The number of halogens is 2. The highest BCUT2D eigenvalue weighted by molar-refractivity contribution is 9.10. The second-order valence-corrected chi connectivity index (χ2v) is 6.65. The summed E-state index contributed by atoms with van der Waals surface area (Å²) in [5.74, 6) is 0. The zero-order chi connectivity index (χ0) is 14.7. The van der Waals surface area contributed by atoms with E-state index < -0.39 is 0 Å². The van der Waals surface area contributed by atoms with Crippen molar-refractivity contribution in [3.8, 4) is 0 Å². The molecular formula is C17H15Br2N2+. The summed E-state index contributed by atoms with van der Waals surface area (Å²) >= 11 is 7.20. The third-order valence-electron chi connectivity index (χ3n) is 3.37. The van der Waals surface area contributed by atoms with E-state index in [0.29, 0.717) is 0 Å². The van der Waals surface area contributed by atoms with Gasteiger partial charge in [0, 0.05) is 20.1 Å². The molecule has 21 heavy (non-hydrogen) atoms. The van der Waals surface area contributed by atoms with E-state index in [0.717, 1.165) is 22.0 Å².